The summed E-state index contributed by atoms with van der Waals surface area (Å²) in [5.41, 5.74) is 1.11. The van der Waals surface area contributed by atoms with E-state index in [1.165, 1.54) is 6.92 Å². The fourth-order valence-corrected chi connectivity index (χ4v) is 1.52. The van der Waals surface area contributed by atoms with Crippen LogP contribution in [0.15, 0.2) is 24.3 Å². The number of hydrogen-bond acceptors (Lipinski definition) is 3. The molecule has 0 radical (unpaired) electrons. The van der Waals surface area contributed by atoms with Gasteiger partial charge in [-0.3, -0.25) is 4.79 Å². The lowest BCUT2D eigenvalue weighted by molar-refractivity contribution is -0.123. The van der Waals surface area contributed by atoms with Gasteiger partial charge in [-0.05, 0) is 31.0 Å². The molecule has 0 atom stereocenters. The van der Waals surface area contributed by atoms with E-state index in [0.29, 0.717) is 19.3 Å². The Morgan fingerprint density at radius 1 is 1.06 bits per heavy atom. The van der Waals surface area contributed by atoms with Crippen molar-refractivity contribution < 1.29 is 14.3 Å². The first-order chi connectivity index (χ1) is 8.11. The van der Waals surface area contributed by atoms with E-state index in [1.807, 2.05) is 24.3 Å². The Bertz CT molecular complexity index is 379. The van der Waals surface area contributed by atoms with Crippen LogP contribution in [-0.2, 0) is 16.0 Å². The van der Waals surface area contributed by atoms with Gasteiger partial charge in [0, 0.05) is 19.3 Å². The van der Waals surface area contributed by atoms with E-state index in [0.717, 1.165) is 17.7 Å². The van der Waals surface area contributed by atoms with Crippen LogP contribution in [0.2, 0.25) is 0 Å². The lowest BCUT2D eigenvalue weighted by Gasteiger charge is -2.03. The maximum atomic E-state index is 11.5. The van der Waals surface area contributed by atoms with E-state index in [2.05, 4.69) is 0 Å². The highest BCUT2D eigenvalue weighted by Crippen LogP contribution is 2.13. The van der Waals surface area contributed by atoms with Crippen molar-refractivity contribution in [1.82, 2.24) is 0 Å². The Hall–Kier alpha value is -1.64. The molecule has 0 saturated carbocycles. The number of carbonyl (C=O) groups is 2. The molecule has 0 aliphatic carbocycles. The van der Waals surface area contributed by atoms with Gasteiger partial charge >= 0.3 is 0 Å². The number of ketones is 2. The summed E-state index contributed by atoms with van der Waals surface area (Å²) < 4.78 is 5.06. The van der Waals surface area contributed by atoms with E-state index in [1.54, 1.807) is 7.11 Å². The van der Waals surface area contributed by atoms with Crippen LogP contribution in [0.5, 0.6) is 5.75 Å². The third-order valence-electron chi connectivity index (χ3n) is 2.61. The molecule has 0 aromatic heterocycles. The molecule has 0 aliphatic heterocycles. The highest BCUT2D eigenvalue weighted by Gasteiger charge is 2.04. The Morgan fingerprint density at radius 3 is 2.24 bits per heavy atom. The van der Waals surface area contributed by atoms with E-state index >= 15 is 0 Å². The molecule has 92 valence electrons. The molecule has 0 unspecified atom stereocenters. The standard InChI is InChI=1S/C14H18O3/c1-11(15)3-7-13(16)8-4-12-5-9-14(17-2)10-6-12/h5-6,9-10H,3-4,7-8H2,1-2H3. The number of methoxy groups -OCH3 is 1. The van der Waals surface area contributed by atoms with Crippen LogP contribution >= 0.6 is 0 Å². The van der Waals surface area contributed by atoms with Gasteiger partial charge in [-0.25, -0.2) is 0 Å². The lowest BCUT2D eigenvalue weighted by Crippen LogP contribution is -2.03. The molecule has 3 nitrogen and oxygen atoms in total. The summed E-state index contributed by atoms with van der Waals surface area (Å²) in [5, 5.41) is 0. The van der Waals surface area contributed by atoms with Gasteiger partial charge in [-0.2, -0.15) is 0 Å². The summed E-state index contributed by atoms with van der Waals surface area (Å²) in [5.74, 6) is 1.04. The minimum Gasteiger partial charge on any atom is -0.497 e. The molecule has 0 aliphatic rings. The number of Topliss-reactive ketones (excluding diaryl/α,β-unsaturated/α-hetero) is 2. The monoisotopic (exact) mass is 234 g/mol. The molecule has 17 heavy (non-hydrogen) atoms. The largest absolute Gasteiger partial charge is 0.497 e. The zero-order chi connectivity index (χ0) is 12.7. The molecule has 1 aromatic carbocycles. The van der Waals surface area contributed by atoms with E-state index in [4.69, 9.17) is 4.74 Å². The number of aryl methyl sites for hydroxylation is 1. The number of ether oxygens (including phenoxy) is 1. The first-order valence-electron chi connectivity index (χ1n) is 5.76. The second-order valence-electron chi connectivity index (χ2n) is 4.09. The van der Waals surface area contributed by atoms with Crippen molar-refractivity contribution in [3.8, 4) is 5.75 Å². The zero-order valence-corrected chi connectivity index (χ0v) is 10.4. The fraction of sp³-hybridized carbons (Fsp3) is 0.429. The minimum atomic E-state index is 0.0720. The Balaban J connectivity index is 2.34. The van der Waals surface area contributed by atoms with Crippen molar-refractivity contribution in [3.05, 3.63) is 29.8 Å². The fourth-order valence-electron chi connectivity index (χ4n) is 1.52. The Labute approximate surface area is 102 Å². The maximum absolute atomic E-state index is 11.5. The van der Waals surface area contributed by atoms with E-state index in [9.17, 15) is 9.59 Å². The van der Waals surface area contributed by atoms with Gasteiger partial charge < -0.3 is 9.53 Å². The quantitative estimate of drug-likeness (QED) is 0.728. The zero-order valence-electron chi connectivity index (χ0n) is 10.4. The van der Waals surface area contributed by atoms with Crippen molar-refractivity contribution in [1.29, 1.82) is 0 Å². The lowest BCUT2D eigenvalue weighted by atomic mass is 10.0. The first kappa shape index (κ1) is 13.4. The molecule has 0 N–H and O–H groups in total. The first-order valence-corrected chi connectivity index (χ1v) is 5.76. The Kier molecular flexibility index (Phi) is 5.40. The number of benzene rings is 1. The van der Waals surface area contributed by atoms with Gasteiger partial charge in [0.05, 0.1) is 7.11 Å². The summed E-state index contributed by atoms with van der Waals surface area (Å²) in [7, 11) is 1.63. The van der Waals surface area contributed by atoms with Crippen LogP contribution in [0.25, 0.3) is 0 Å². The third-order valence-corrected chi connectivity index (χ3v) is 2.61. The van der Waals surface area contributed by atoms with Gasteiger partial charge in [0.15, 0.2) is 0 Å². The normalized spacial score (nSPS) is 10.0. The van der Waals surface area contributed by atoms with Gasteiger partial charge in [0.25, 0.3) is 0 Å². The molecule has 0 saturated heterocycles. The highest BCUT2D eigenvalue weighted by atomic mass is 16.5. The van der Waals surface area contributed by atoms with Crippen LogP contribution in [0.3, 0.4) is 0 Å². The summed E-state index contributed by atoms with van der Waals surface area (Å²) in [6.07, 6.45) is 1.95. The topological polar surface area (TPSA) is 43.4 Å². The summed E-state index contributed by atoms with van der Waals surface area (Å²) in [6, 6.07) is 7.68. The molecular formula is C14H18O3. The second kappa shape index (κ2) is 6.84. The van der Waals surface area contributed by atoms with Crippen molar-refractivity contribution >= 4 is 11.6 Å². The summed E-state index contributed by atoms with van der Waals surface area (Å²) in [6.45, 7) is 1.51. The number of carbonyl (C=O) groups excluding carboxylic acids is 2. The van der Waals surface area contributed by atoms with Crippen LogP contribution < -0.4 is 4.74 Å². The SMILES string of the molecule is COc1ccc(CCC(=O)CCC(C)=O)cc1. The summed E-state index contributed by atoms with van der Waals surface area (Å²) >= 11 is 0. The summed E-state index contributed by atoms with van der Waals surface area (Å²) in [4.78, 5) is 22.2. The molecule has 0 bridgehead atoms. The number of hydrogen-bond donors (Lipinski definition) is 0. The third kappa shape index (κ3) is 5.29. The average Bonchev–Trinajstić information content (AvgIpc) is 2.34. The van der Waals surface area contributed by atoms with Crippen molar-refractivity contribution in [3.63, 3.8) is 0 Å². The molecule has 0 heterocycles. The predicted molar refractivity (Wildman–Crippen MR) is 66.2 cm³/mol. The van der Waals surface area contributed by atoms with Crippen molar-refractivity contribution in [2.75, 3.05) is 7.11 Å². The van der Waals surface area contributed by atoms with Crippen LogP contribution in [0.1, 0.15) is 31.7 Å². The van der Waals surface area contributed by atoms with Gasteiger partial charge in [-0.1, -0.05) is 12.1 Å². The van der Waals surface area contributed by atoms with Crippen molar-refractivity contribution in [2.24, 2.45) is 0 Å². The molecule has 0 spiro atoms. The van der Waals surface area contributed by atoms with Gasteiger partial charge in [-0.15, -0.1) is 0 Å². The molecule has 1 aromatic rings. The molecule has 3 heteroatoms. The van der Waals surface area contributed by atoms with Crippen LogP contribution in [-0.4, -0.2) is 18.7 Å². The molecule has 0 amide bonds. The predicted octanol–water partition coefficient (Wildman–Crippen LogP) is 2.57. The van der Waals surface area contributed by atoms with Crippen molar-refractivity contribution in [2.45, 2.75) is 32.6 Å². The average molecular weight is 234 g/mol. The molecule has 0 fully saturated rings. The Morgan fingerprint density at radius 2 is 1.71 bits per heavy atom. The van der Waals surface area contributed by atoms with E-state index < -0.39 is 0 Å². The van der Waals surface area contributed by atoms with E-state index in [-0.39, 0.29) is 11.6 Å². The van der Waals surface area contributed by atoms with Gasteiger partial charge in [0.1, 0.15) is 17.3 Å². The highest BCUT2D eigenvalue weighted by molar-refractivity contribution is 5.84. The maximum Gasteiger partial charge on any atom is 0.133 e. The van der Waals surface area contributed by atoms with Crippen LogP contribution in [0, 0.1) is 0 Å². The minimum absolute atomic E-state index is 0.0720. The molecular weight excluding hydrogens is 216 g/mol. The number of rotatable bonds is 7. The van der Waals surface area contributed by atoms with Crippen LogP contribution in [0.4, 0.5) is 0 Å². The van der Waals surface area contributed by atoms with Gasteiger partial charge in [0.2, 0.25) is 0 Å². The smallest absolute Gasteiger partial charge is 0.133 e. The molecule has 1 rings (SSSR count). The second-order valence-corrected chi connectivity index (χ2v) is 4.09.